The molecule has 3 fully saturated rings. The Labute approximate surface area is 268 Å². The number of guanidine groups is 1. The summed E-state index contributed by atoms with van der Waals surface area (Å²) in [7, 11) is 1.50. The molecule has 1 aromatic rings. The quantitative estimate of drug-likeness (QED) is 0.143. The molecule has 0 radical (unpaired) electrons. The van der Waals surface area contributed by atoms with Gasteiger partial charge in [-0.15, -0.1) is 0 Å². The van der Waals surface area contributed by atoms with Crippen LogP contribution in [0.5, 0.6) is 5.75 Å². The molecule has 2 saturated heterocycles. The Balaban J connectivity index is 1.55. The lowest BCUT2D eigenvalue weighted by Gasteiger charge is -2.41. The van der Waals surface area contributed by atoms with Crippen LogP contribution in [0.3, 0.4) is 0 Å². The summed E-state index contributed by atoms with van der Waals surface area (Å²) in [6.45, 7) is 4.35. The van der Waals surface area contributed by atoms with Crippen molar-refractivity contribution in [2.45, 2.75) is 108 Å². The Bertz CT molecular complexity index is 1250. The molecule has 8 atom stereocenters. The molecule has 1 saturated carbocycles. The van der Waals surface area contributed by atoms with Gasteiger partial charge in [-0.3, -0.25) is 19.8 Å². The van der Waals surface area contributed by atoms with Crippen LogP contribution in [0, 0.1) is 17.2 Å². The lowest BCUT2D eigenvalue weighted by atomic mass is 9.83. The molecule has 1 aliphatic carbocycles. The van der Waals surface area contributed by atoms with E-state index >= 15 is 0 Å². The number of ether oxygens (including phenoxy) is 1. The lowest BCUT2D eigenvalue weighted by molar-refractivity contribution is -0.146. The van der Waals surface area contributed by atoms with Gasteiger partial charge in [0.15, 0.2) is 12.2 Å². The molecule has 14 heteroatoms. The first kappa shape index (κ1) is 34.7. The van der Waals surface area contributed by atoms with Crippen LogP contribution in [0.25, 0.3) is 0 Å². The number of benzene rings is 1. The molecule has 0 aromatic heterocycles. The maximum absolute atomic E-state index is 14.4. The summed E-state index contributed by atoms with van der Waals surface area (Å²) in [5, 5.41) is 44.8. The van der Waals surface area contributed by atoms with Crippen LogP contribution in [0.1, 0.15) is 64.4 Å². The average molecular weight is 651 g/mol. The maximum Gasteiger partial charge on any atom is 0.249 e. The third-order valence-corrected chi connectivity index (χ3v) is 9.52. The first-order chi connectivity index (χ1) is 21.3. The fourth-order valence-electron chi connectivity index (χ4n) is 7.06. The number of phenolic OH excluding ortho intramolecular Hbond substituents is 1. The van der Waals surface area contributed by atoms with Crippen molar-refractivity contribution >= 4 is 35.3 Å². The van der Waals surface area contributed by atoms with Gasteiger partial charge in [0, 0.05) is 26.1 Å². The van der Waals surface area contributed by atoms with Gasteiger partial charge in [-0.05, 0) is 74.5 Å². The second kappa shape index (κ2) is 15.0. The SMILES string of the molecule is CO[C@@H]1[C@@H](NC(=O)[C@@H]2C[C@@H]3CC[C@@H](O)C[C@@H]3N2C(=O)[C@@H](CC(C)C)NC(=O)[C@H](O)Cc2ccc(O)c(Cl)c2)CCCN1C(=N)N. The van der Waals surface area contributed by atoms with E-state index in [9.17, 15) is 29.7 Å². The highest BCUT2D eigenvalue weighted by molar-refractivity contribution is 6.32. The largest absolute Gasteiger partial charge is 0.506 e. The Hall–Kier alpha value is -3.13. The van der Waals surface area contributed by atoms with E-state index in [1.165, 1.54) is 19.2 Å². The van der Waals surface area contributed by atoms with Gasteiger partial charge in [-0.1, -0.05) is 31.5 Å². The number of aromatic hydroxyl groups is 1. The minimum Gasteiger partial charge on any atom is -0.506 e. The van der Waals surface area contributed by atoms with E-state index in [2.05, 4.69) is 10.6 Å². The Morgan fingerprint density at radius 3 is 2.58 bits per heavy atom. The standard InChI is InChI=1S/C31H47ClN6O7/c1-16(2)11-22(36-28(43)26(41)13-17-6-9-25(40)20(32)12-17)29(44)38-23-15-19(39)8-7-18(23)14-24(38)27(42)35-21-5-4-10-37(31(33)34)30(21)45-3/h6,9,12,16,18-19,21-24,26,30,39-41H,4-5,7-8,10-11,13-15H2,1-3H3,(H3,33,34)(H,35,42)(H,36,43)/t18-,19+,21-,22+,23-,24-,26+,30+/m0/s1. The maximum atomic E-state index is 14.4. The second-order valence-corrected chi connectivity index (χ2v) is 13.4. The van der Waals surface area contributed by atoms with E-state index in [0.717, 1.165) is 0 Å². The van der Waals surface area contributed by atoms with E-state index in [1.54, 1.807) is 15.9 Å². The van der Waals surface area contributed by atoms with Crippen molar-refractivity contribution in [2.24, 2.45) is 17.6 Å². The van der Waals surface area contributed by atoms with Crippen molar-refractivity contribution in [3.63, 3.8) is 0 Å². The van der Waals surface area contributed by atoms with Crippen LogP contribution in [-0.2, 0) is 25.5 Å². The van der Waals surface area contributed by atoms with E-state index in [-0.39, 0.29) is 53.4 Å². The molecule has 0 unspecified atom stereocenters. The number of rotatable bonds is 10. The molecule has 2 aliphatic heterocycles. The highest BCUT2D eigenvalue weighted by Gasteiger charge is 2.51. The lowest BCUT2D eigenvalue weighted by Crippen LogP contribution is -2.62. The zero-order chi connectivity index (χ0) is 33.0. The number of nitrogens with two attached hydrogens (primary N) is 1. The Morgan fingerprint density at radius 2 is 1.93 bits per heavy atom. The molecular formula is C31H47ClN6O7. The molecule has 13 nitrogen and oxygen atoms in total. The van der Waals surface area contributed by atoms with E-state index in [0.29, 0.717) is 50.6 Å². The zero-order valence-corrected chi connectivity index (χ0v) is 26.9. The summed E-state index contributed by atoms with van der Waals surface area (Å²) in [6.07, 6.45) is 0.749. The van der Waals surface area contributed by atoms with Crippen molar-refractivity contribution in [3.05, 3.63) is 28.8 Å². The predicted octanol–water partition coefficient (Wildman–Crippen LogP) is 1.06. The van der Waals surface area contributed by atoms with Gasteiger partial charge in [0.25, 0.3) is 0 Å². The number of fused-ring (bicyclic) bond motifs is 1. The van der Waals surface area contributed by atoms with E-state index < -0.39 is 48.4 Å². The normalized spacial score (nSPS) is 27.9. The predicted molar refractivity (Wildman–Crippen MR) is 167 cm³/mol. The number of hydrogen-bond donors (Lipinski definition) is 7. The number of nitrogens with one attached hydrogen (secondary N) is 3. The third-order valence-electron chi connectivity index (χ3n) is 9.21. The van der Waals surface area contributed by atoms with Crippen molar-refractivity contribution in [1.29, 1.82) is 5.41 Å². The molecule has 0 bridgehead atoms. The highest BCUT2D eigenvalue weighted by Crippen LogP contribution is 2.41. The number of likely N-dealkylation sites (tertiary alicyclic amines) is 2. The molecular weight excluding hydrogens is 604 g/mol. The van der Waals surface area contributed by atoms with Gasteiger partial charge in [-0.2, -0.15) is 0 Å². The Morgan fingerprint density at radius 1 is 1.20 bits per heavy atom. The first-order valence-corrected chi connectivity index (χ1v) is 16.1. The van der Waals surface area contributed by atoms with Crippen LogP contribution >= 0.6 is 11.6 Å². The number of amides is 3. The number of aliphatic hydroxyl groups excluding tert-OH is 2. The summed E-state index contributed by atoms with van der Waals surface area (Å²) in [5.74, 6) is -1.80. The monoisotopic (exact) mass is 650 g/mol. The van der Waals surface area contributed by atoms with Gasteiger partial charge in [0.2, 0.25) is 17.7 Å². The number of carbonyl (C=O) groups is 3. The van der Waals surface area contributed by atoms with Gasteiger partial charge in [-0.25, -0.2) is 0 Å². The van der Waals surface area contributed by atoms with Crippen LogP contribution in [0.15, 0.2) is 18.2 Å². The molecule has 250 valence electrons. The number of nitrogens with zero attached hydrogens (tertiary/aromatic N) is 2. The zero-order valence-electron chi connectivity index (χ0n) is 26.1. The number of piperidine rings is 1. The van der Waals surface area contributed by atoms with Crippen LogP contribution in [0.4, 0.5) is 0 Å². The van der Waals surface area contributed by atoms with E-state index in [4.69, 9.17) is 27.5 Å². The molecule has 8 N–H and O–H groups in total. The van der Waals surface area contributed by atoms with Crippen LogP contribution in [0.2, 0.25) is 5.02 Å². The van der Waals surface area contributed by atoms with Gasteiger partial charge in [0.05, 0.1) is 17.2 Å². The highest BCUT2D eigenvalue weighted by atomic mass is 35.5. The smallest absolute Gasteiger partial charge is 0.249 e. The molecule has 0 spiro atoms. The summed E-state index contributed by atoms with van der Waals surface area (Å²) in [6, 6.07) is 1.69. The summed E-state index contributed by atoms with van der Waals surface area (Å²) >= 11 is 5.98. The molecule has 3 aliphatic rings. The molecule has 3 amide bonds. The number of aliphatic hydroxyl groups is 2. The van der Waals surface area contributed by atoms with Crippen molar-refractivity contribution in [3.8, 4) is 5.75 Å². The minimum absolute atomic E-state index is 0.00261. The third kappa shape index (κ3) is 8.18. The molecule has 1 aromatic carbocycles. The van der Waals surface area contributed by atoms with Crippen molar-refractivity contribution < 1.29 is 34.4 Å². The van der Waals surface area contributed by atoms with Gasteiger partial charge in [0.1, 0.15) is 23.9 Å². The number of carbonyl (C=O) groups excluding carboxylic acids is 3. The molecule has 2 heterocycles. The number of halogens is 1. The molecule has 45 heavy (non-hydrogen) atoms. The van der Waals surface area contributed by atoms with E-state index in [1.807, 2.05) is 13.8 Å². The van der Waals surface area contributed by atoms with Crippen molar-refractivity contribution in [2.75, 3.05) is 13.7 Å². The minimum atomic E-state index is -1.49. The average Bonchev–Trinajstić information content (AvgIpc) is 3.36. The fourth-order valence-corrected chi connectivity index (χ4v) is 7.26. The van der Waals surface area contributed by atoms with Crippen LogP contribution < -0.4 is 16.4 Å². The topological polar surface area (TPSA) is 202 Å². The number of phenols is 1. The Kier molecular flexibility index (Phi) is 11.6. The van der Waals surface area contributed by atoms with Gasteiger partial charge < -0.3 is 46.2 Å². The van der Waals surface area contributed by atoms with Gasteiger partial charge >= 0.3 is 0 Å². The summed E-state index contributed by atoms with van der Waals surface area (Å²) in [5.41, 5.74) is 6.29. The number of methoxy groups -OCH3 is 1. The number of hydrogen-bond acceptors (Lipinski definition) is 8. The fraction of sp³-hybridized carbons (Fsp3) is 0.677. The van der Waals surface area contributed by atoms with Crippen molar-refractivity contribution in [1.82, 2.24) is 20.4 Å². The second-order valence-electron chi connectivity index (χ2n) is 12.9. The molecule has 4 rings (SSSR count). The summed E-state index contributed by atoms with van der Waals surface area (Å²) < 4.78 is 5.61. The summed E-state index contributed by atoms with van der Waals surface area (Å²) in [4.78, 5) is 44.6. The van der Waals surface area contributed by atoms with Crippen LogP contribution in [-0.4, -0.2) is 105 Å². The first-order valence-electron chi connectivity index (χ1n) is 15.7.